The molecule has 23 heavy (non-hydrogen) atoms. The Balaban J connectivity index is 1.65. The zero-order valence-corrected chi connectivity index (χ0v) is 14.9. The van der Waals surface area contributed by atoms with Crippen molar-refractivity contribution < 1.29 is 9.59 Å². The lowest BCUT2D eigenvalue weighted by atomic mass is 9.47. The molecule has 3 nitrogen and oxygen atoms in total. The number of amides is 1. The molecule has 0 aromatic carbocycles. The fraction of sp³-hybridized carbons (Fsp3) is 0.900. The Morgan fingerprint density at radius 1 is 1.00 bits per heavy atom. The first kappa shape index (κ1) is 15.7. The number of rotatable bonds is 1. The molecule has 0 aromatic heterocycles. The SMILES string of the molecule is CN1C(=O)CCC2(C)C3CCC4(C)C(C=O)CCC4C3CC[C@@H]12. The summed E-state index contributed by atoms with van der Waals surface area (Å²) in [4.78, 5) is 25.8. The summed E-state index contributed by atoms with van der Waals surface area (Å²) in [6.45, 7) is 4.86. The van der Waals surface area contributed by atoms with Crippen molar-refractivity contribution in [3.63, 3.8) is 0 Å². The summed E-state index contributed by atoms with van der Waals surface area (Å²) in [5.74, 6) is 2.89. The highest BCUT2D eigenvalue weighted by Gasteiger charge is 2.60. The van der Waals surface area contributed by atoms with Gasteiger partial charge in [-0.15, -0.1) is 0 Å². The van der Waals surface area contributed by atoms with Gasteiger partial charge in [-0.05, 0) is 73.5 Å². The molecule has 6 unspecified atom stereocenters. The second kappa shape index (κ2) is 5.07. The Kier molecular flexibility index (Phi) is 3.45. The number of carbonyl (C=O) groups is 2. The second-order valence-electron chi connectivity index (χ2n) is 9.34. The van der Waals surface area contributed by atoms with Gasteiger partial charge in [0.05, 0.1) is 0 Å². The predicted molar refractivity (Wildman–Crippen MR) is 89.7 cm³/mol. The van der Waals surface area contributed by atoms with Crippen LogP contribution in [0.3, 0.4) is 0 Å². The van der Waals surface area contributed by atoms with Crippen molar-refractivity contribution in [2.45, 2.75) is 71.3 Å². The molecule has 4 fully saturated rings. The van der Waals surface area contributed by atoms with E-state index in [2.05, 4.69) is 18.7 Å². The molecule has 3 heteroatoms. The number of fused-ring (bicyclic) bond motifs is 5. The molecule has 0 bridgehead atoms. The van der Waals surface area contributed by atoms with E-state index in [-0.39, 0.29) is 11.3 Å². The molecule has 1 heterocycles. The summed E-state index contributed by atoms with van der Waals surface area (Å²) in [6.07, 6.45) is 10.3. The van der Waals surface area contributed by atoms with Gasteiger partial charge in [-0.1, -0.05) is 13.8 Å². The van der Waals surface area contributed by atoms with Gasteiger partial charge in [-0.2, -0.15) is 0 Å². The van der Waals surface area contributed by atoms with Crippen LogP contribution in [0.5, 0.6) is 0 Å². The first-order valence-electron chi connectivity index (χ1n) is 9.63. The third-order valence-electron chi connectivity index (χ3n) is 8.79. The van der Waals surface area contributed by atoms with Gasteiger partial charge in [-0.3, -0.25) is 4.79 Å². The molecule has 1 amide bonds. The summed E-state index contributed by atoms with van der Waals surface area (Å²) in [5.41, 5.74) is 0.550. The Labute approximate surface area is 140 Å². The monoisotopic (exact) mass is 317 g/mol. The van der Waals surface area contributed by atoms with Crippen LogP contribution in [0, 0.1) is 34.5 Å². The van der Waals surface area contributed by atoms with Gasteiger partial charge in [-0.25, -0.2) is 0 Å². The van der Waals surface area contributed by atoms with Crippen molar-refractivity contribution in [2.24, 2.45) is 34.5 Å². The van der Waals surface area contributed by atoms with Gasteiger partial charge in [0.15, 0.2) is 0 Å². The number of likely N-dealkylation sites (tertiary alicyclic amines) is 1. The van der Waals surface area contributed by atoms with Crippen molar-refractivity contribution >= 4 is 12.2 Å². The molecule has 0 N–H and O–H groups in total. The fourth-order valence-corrected chi connectivity index (χ4v) is 7.41. The largest absolute Gasteiger partial charge is 0.342 e. The summed E-state index contributed by atoms with van der Waals surface area (Å²) in [7, 11) is 2.02. The van der Waals surface area contributed by atoms with Crippen molar-refractivity contribution in [2.75, 3.05) is 7.05 Å². The Hall–Kier alpha value is -0.860. The second-order valence-corrected chi connectivity index (χ2v) is 9.34. The van der Waals surface area contributed by atoms with Gasteiger partial charge in [0.2, 0.25) is 5.91 Å². The minimum Gasteiger partial charge on any atom is -0.342 e. The van der Waals surface area contributed by atoms with Crippen LogP contribution in [0.15, 0.2) is 0 Å². The Morgan fingerprint density at radius 2 is 1.74 bits per heavy atom. The van der Waals surface area contributed by atoms with Crippen molar-refractivity contribution in [3.8, 4) is 0 Å². The van der Waals surface area contributed by atoms with E-state index in [9.17, 15) is 9.59 Å². The standard InChI is InChI=1S/C20H31NO2/c1-19-10-8-16-14(15(19)6-4-13(19)12-22)5-7-17-20(16,2)11-9-18(23)21(17)3/h12-17H,4-11H2,1-3H3/t13?,14?,15?,16?,17-,19?,20?/m1/s1. The first-order valence-corrected chi connectivity index (χ1v) is 9.63. The molecule has 4 aliphatic rings. The molecule has 7 atom stereocenters. The van der Waals surface area contributed by atoms with E-state index in [0.717, 1.165) is 43.4 Å². The van der Waals surface area contributed by atoms with E-state index < -0.39 is 0 Å². The number of nitrogens with zero attached hydrogens (tertiary/aromatic N) is 1. The lowest BCUT2D eigenvalue weighted by Crippen LogP contribution is -2.61. The molecule has 0 spiro atoms. The summed E-state index contributed by atoms with van der Waals surface area (Å²) in [5, 5.41) is 0. The smallest absolute Gasteiger partial charge is 0.222 e. The van der Waals surface area contributed by atoms with Gasteiger partial charge >= 0.3 is 0 Å². The molecule has 3 saturated carbocycles. The number of hydrogen-bond donors (Lipinski definition) is 0. The average Bonchev–Trinajstić information content (AvgIpc) is 2.88. The molecule has 3 aliphatic carbocycles. The van der Waals surface area contributed by atoms with Gasteiger partial charge in [0.25, 0.3) is 0 Å². The molecular weight excluding hydrogens is 286 g/mol. The number of hydrogen-bond acceptors (Lipinski definition) is 2. The van der Waals surface area contributed by atoms with E-state index in [1.165, 1.54) is 32.0 Å². The van der Waals surface area contributed by atoms with E-state index in [0.29, 0.717) is 17.4 Å². The van der Waals surface area contributed by atoms with Crippen LogP contribution in [-0.4, -0.2) is 30.2 Å². The number of carbonyl (C=O) groups excluding carboxylic acids is 2. The van der Waals surface area contributed by atoms with E-state index in [1.54, 1.807) is 0 Å². The maximum atomic E-state index is 12.2. The van der Waals surface area contributed by atoms with Crippen LogP contribution < -0.4 is 0 Å². The molecule has 1 saturated heterocycles. The highest BCUT2D eigenvalue weighted by atomic mass is 16.2. The lowest BCUT2D eigenvalue weighted by Gasteiger charge is -2.61. The van der Waals surface area contributed by atoms with Crippen molar-refractivity contribution in [1.29, 1.82) is 0 Å². The van der Waals surface area contributed by atoms with Gasteiger partial charge in [0.1, 0.15) is 6.29 Å². The zero-order valence-electron chi connectivity index (χ0n) is 14.9. The molecule has 4 rings (SSSR count). The molecular formula is C20H31NO2. The van der Waals surface area contributed by atoms with Crippen LogP contribution >= 0.6 is 0 Å². The molecule has 0 radical (unpaired) electrons. The van der Waals surface area contributed by atoms with Gasteiger partial charge in [0, 0.05) is 25.4 Å². The van der Waals surface area contributed by atoms with Crippen LogP contribution in [0.1, 0.15) is 65.2 Å². The molecule has 1 aliphatic heterocycles. The highest BCUT2D eigenvalue weighted by molar-refractivity contribution is 5.77. The maximum absolute atomic E-state index is 12.2. The first-order chi connectivity index (χ1) is 10.9. The maximum Gasteiger partial charge on any atom is 0.222 e. The average molecular weight is 317 g/mol. The van der Waals surface area contributed by atoms with Gasteiger partial charge < -0.3 is 9.69 Å². The zero-order chi connectivity index (χ0) is 16.4. The summed E-state index contributed by atoms with van der Waals surface area (Å²) < 4.78 is 0. The predicted octanol–water partition coefficient (Wildman–Crippen LogP) is 3.66. The van der Waals surface area contributed by atoms with Crippen LogP contribution in [-0.2, 0) is 9.59 Å². The van der Waals surface area contributed by atoms with Crippen LogP contribution in [0.25, 0.3) is 0 Å². The Morgan fingerprint density at radius 3 is 2.48 bits per heavy atom. The third-order valence-corrected chi connectivity index (χ3v) is 8.79. The van der Waals surface area contributed by atoms with Crippen LogP contribution in [0.4, 0.5) is 0 Å². The summed E-state index contributed by atoms with van der Waals surface area (Å²) >= 11 is 0. The van der Waals surface area contributed by atoms with Crippen LogP contribution in [0.2, 0.25) is 0 Å². The topological polar surface area (TPSA) is 37.4 Å². The number of piperidine rings is 1. The highest BCUT2D eigenvalue weighted by Crippen LogP contribution is 2.65. The normalized spacial score (nSPS) is 52.6. The van der Waals surface area contributed by atoms with Crippen molar-refractivity contribution in [3.05, 3.63) is 0 Å². The fourth-order valence-electron chi connectivity index (χ4n) is 7.41. The Bertz CT molecular complexity index is 532. The molecule has 128 valence electrons. The van der Waals surface area contributed by atoms with E-state index in [4.69, 9.17) is 0 Å². The van der Waals surface area contributed by atoms with Crippen molar-refractivity contribution in [1.82, 2.24) is 4.90 Å². The molecule has 0 aromatic rings. The quantitative estimate of drug-likeness (QED) is 0.692. The number of aldehydes is 1. The van der Waals surface area contributed by atoms with E-state index >= 15 is 0 Å². The van der Waals surface area contributed by atoms with E-state index in [1.807, 2.05) is 7.05 Å². The summed E-state index contributed by atoms with van der Waals surface area (Å²) in [6, 6.07) is 0.442. The minimum absolute atomic E-state index is 0.252. The minimum atomic E-state index is 0.252. The third kappa shape index (κ3) is 1.94. The lowest BCUT2D eigenvalue weighted by molar-refractivity contribution is -0.158.